The highest BCUT2D eigenvalue weighted by molar-refractivity contribution is 6.01. The number of ketones is 4. The van der Waals surface area contributed by atoms with E-state index in [0.717, 1.165) is 59.9 Å². The lowest BCUT2D eigenvalue weighted by atomic mass is 9.72. The van der Waals surface area contributed by atoms with Gasteiger partial charge in [-0.05, 0) is 74.1 Å². The Morgan fingerprint density at radius 3 is 2.23 bits per heavy atom. The van der Waals surface area contributed by atoms with Gasteiger partial charge in [0.1, 0.15) is 11.6 Å². The second kappa shape index (κ2) is 11.7. The van der Waals surface area contributed by atoms with Crippen molar-refractivity contribution in [2.24, 2.45) is 17.8 Å². The van der Waals surface area contributed by atoms with Gasteiger partial charge in [0.15, 0.2) is 11.6 Å². The first-order chi connectivity index (χ1) is 16.6. The van der Waals surface area contributed by atoms with Crippen LogP contribution in [0.2, 0.25) is 0 Å². The van der Waals surface area contributed by atoms with Crippen LogP contribution in [0.1, 0.15) is 98.1 Å². The van der Waals surface area contributed by atoms with E-state index in [9.17, 15) is 19.2 Å². The third-order valence-corrected chi connectivity index (χ3v) is 7.44. The molecule has 0 amide bonds. The van der Waals surface area contributed by atoms with E-state index in [-0.39, 0.29) is 47.3 Å². The van der Waals surface area contributed by atoms with Crippen LogP contribution in [0.5, 0.6) is 0 Å². The van der Waals surface area contributed by atoms with E-state index < -0.39 is 0 Å². The molecule has 1 aliphatic rings. The zero-order valence-corrected chi connectivity index (χ0v) is 21.8. The van der Waals surface area contributed by atoms with Crippen molar-refractivity contribution in [1.82, 2.24) is 0 Å². The van der Waals surface area contributed by atoms with Crippen molar-refractivity contribution in [3.8, 4) is 11.1 Å². The summed E-state index contributed by atoms with van der Waals surface area (Å²) in [5.74, 6) is 0.465. The van der Waals surface area contributed by atoms with Crippen LogP contribution in [-0.4, -0.2) is 23.1 Å². The van der Waals surface area contributed by atoms with Gasteiger partial charge in [-0.2, -0.15) is 0 Å². The topological polar surface area (TPSA) is 68.3 Å². The highest BCUT2D eigenvalue weighted by atomic mass is 16.1. The molecule has 0 saturated carbocycles. The van der Waals surface area contributed by atoms with Crippen LogP contribution in [0.15, 0.2) is 36.4 Å². The Morgan fingerprint density at radius 2 is 1.66 bits per heavy atom. The molecule has 0 fully saturated rings. The molecule has 2 aromatic carbocycles. The molecule has 0 bridgehead atoms. The van der Waals surface area contributed by atoms with E-state index in [2.05, 4.69) is 19.1 Å². The Bertz CT molecular complexity index is 1110. The van der Waals surface area contributed by atoms with E-state index in [4.69, 9.17) is 0 Å². The first-order valence-corrected chi connectivity index (χ1v) is 12.9. The molecule has 35 heavy (non-hydrogen) atoms. The van der Waals surface area contributed by atoms with Crippen molar-refractivity contribution in [3.05, 3.63) is 58.7 Å². The highest BCUT2D eigenvalue weighted by Crippen LogP contribution is 2.38. The van der Waals surface area contributed by atoms with Crippen LogP contribution in [0, 0.1) is 24.7 Å². The van der Waals surface area contributed by atoms with Crippen LogP contribution >= 0.6 is 0 Å². The van der Waals surface area contributed by atoms with Crippen LogP contribution in [0.4, 0.5) is 0 Å². The SMILES string of the molecule is CCCC(CC1CC(=O)c2c(C)cc(-c3ccc(C(C)=O)cc3)cc2C1)C(CC)C(=O)CC(C)=O. The van der Waals surface area contributed by atoms with Crippen molar-refractivity contribution < 1.29 is 19.2 Å². The second-order valence-electron chi connectivity index (χ2n) is 10.3. The second-order valence-corrected chi connectivity index (χ2v) is 10.3. The highest BCUT2D eigenvalue weighted by Gasteiger charge is 2.33. The predicted octanol–water partition coefficient (Wildman–Crippen LogP) is 6.99. The molecule has 0 N–H and O–H groups in total. The van der Waals surface area contributed by atoms with E-state index in [1.165, 1.54) is 6.92 Å². The molecule has 0 heterocycles. The smallest absolute Gasteiger partial charge is 0.163 e. The predicted molar refractivity (Wildman–Crippen MR) is 140 cm³/mol. The molecule has 3 rings (SSSR count). The van der Waals surface area contributed by atoms with Gasteiger partial charge >= 0.3 is 0 Å². The van der Waals surface area contributed by atoms with E-state index in [0.29, 0.717) is 12.0 Å². The molecule has 0 saturated heterocycles. The number of hydrogen-bond donors (Lipinski definition) is 0. The van der Waals surface area contributed by atoms with Gasteiger partial charge in [-0.25, -0.2) is 0 Å². The Balaban J connectivity index is 1.86. The molecule has 4 heteroatoms. The van der Waals surface area contributed by atoms with Crippen molar-refractivity contribution in [3.63, 3.8) is 0 Å². The molecule has 2 aromatic rings. The minimum atomic E-state index is -0.122. The summed E-state index contributed by atoms with van der Waals surface area (Å²) >= 11 is 0. The first kappa shape index (κ1) is 26.7. The van der Waals surface area contributed by atoms with Gasteiger partial charge in [0.05, 0.1) is 6.42 Å². The number of aryl methyl sites for hydroxylation is 1. The van der Waals surface area contributed by atoms with Gasteiger partial charge in [0.2, 0.25) is 0 Å². The molecular weight excluding hydrogens is 436 g/mol. The van der Waals surface area contributed by atoms with Crippen LogP contribution in [0.25, 0.3) is 11.1 Å². The molecule has 0 radical (unpaired) electrons. The first-order valence-electron chi connectivity index (χ1n) is 12.9. The van der Waals surface area contributed by atoms with E-state index >= 15 is 0 Å². The molecule has 186 valence electrons. The van der Waals surface area contributed by atoms with Crippen molar-refractivity contribution in [2.45, 2.75) is 79.6 Å². The van der Waals surface area contributed by atoms with Crippen molar-refractivity contribution in [2.75, 3.05) is 0 Å². The zero-order valence-electron chi connectivity index (χ0n) is 21.8. The van der Waals surface area contributed by atoms with Gasteiger partial charge in [-0.1, -0.05) is 63.1 Å². The van der Waals surface area contributed by atoms with Crippen LogP contribution in [0.3, 0.4) is 0 Å². The van der Waals surface area contributed by atoms with Gasteiger partial charge in [-0.15, -0.1) is 0 Å². The van der Waals surface area contributed by atoms with Crippen molar-refractivity contribution in [1.29, 1.82) is 0 Å². The number of carbonyl (C=O) groups is 4. The minimum Gasteiger partial charge on any atom is -0.300 e. The minimum absolute atomic E-state index is 0.0100. The zero-order chi connectivity index (χ0) is 25.7. The number of rotatable bonds is 11. The summed E-state index contributed by atoms with van der Waals surface area (Å²) in [7, 11) is 0. The molecule has 4 nitrogen and oxygen atoms in total. The quantitative estimate of drug-likeness (QED) is 0.260. The molecule has 0 aromatic heterocycles. The average Bonchev–Trinajstić information content (AvgIpc) is 2.78. The third-order valence-electron chi connectivity index (χ3n) is 7.44. The molecular formula is C31H38O4. The van der Waals surface area contributed by atoms with Gasteiger partial charge in [0, 0.05) is 23.5 Å². The number of benzene rings is 2. The van der Waals surface area contributed by atoms with Crippen LogP contribution < -0.4 is 0 Å². The normalized spacial score (nSPS) is 16.9. The maximum atomic E-state index is 13.2. The van der Waals surface area contributed by atoms with E-state index in [1.54, 1.807) is 6.92 Å². The summed E-state index contributed by atoms with van der Waals surface area (Å²) in [5, 5.41) is 0. The summed E-state index contributed by atoms with van der Waals surface area (Å²) < 4.78 is 0. The Labute approximate surface area is 209 Å². The molecule has 3 unspecified atom stereocenters. The number of carbonyl (C=O) groups excluding carboxylic acids is 4. The lowest BCUT2D eigenvalue weighted by Crippen LogP contribution is -2.29. The number of fused-ring (bicyclic) bond motifs is 1. The fraction of sp³-hybridized carbons (Fsp3) is 0.484. The molecule has 0 aliphatic heterocycles. The summed E-state index contributed by atoms with van der Waals surface area (Å²) in [5.41, 5.74) is 5.68. The Hall–Kier alpha value is -2.88. The van der Waals surface area contributed by atoms with Crippen LogP contribution in [-0.2, 0) is 16.0 Å². The average molecular weight is 475 g/mol. The maximum absolute atomic E-state index is 13.2. The van der Waals surface area contributed by atoms with Crippen molar-refractivity contribution >= 4 is 23.1 Å². The van der Waals surface area contributed by atoms with E-state index in [1.807, 2.05) is 38.1 Å². The number of Topliss-reactive ketones (excluding diaryl/α,β-unsaturated/α-hetero) is 4. The largest absolute Gasteiger partial charge is 0.300 e. The molecule has 0 spiro atoms. The Morgan fingerprint density at radius 1 is 0.971 bits per heavy atom. The summed E-state index contributed by atoms with van der Waals surface area (Å²) in [6.07, 6.45) is 4.81. The van der Waals surface area contributed by atoms with Gasteiger partial charge in [-0.3, -0.25) is 19.2 Å². The molecule has 3 atom stereocenters. The third kappa shape index (κ3) is 6.42. The fourth-order valence-electron chi connectivity index (χ4n) is 5.88. The number of hydrogen-bond acceptors (Lipinski definition) is 4. The fourth-order valence-corrected chi connectivity index (χ4v) is 5.88. The lowest BCUT2D eigenvalue weighted by molar-refractivity contribution is -0.129. The van der Waals surface area contributed by atoms with Gasteiger partial charge < -0.3 is 0 Å². The summed E-state index contributed by atoms with van der Waals surface area (Å²) in [6, 6.07) is 11.8. The van der Waals surface area contributed by atoms with Gasteiger partial charge in [0.25, 0.3) is 0 Å². The maximum Gasteiger partial charge on any atom is 0.163 e. The standard InChI is InChI=1S/C31H38O4/c1-6-8-25(28(7-2)29(34)14-20(4)32)15-22-16-27-18-26(13-19(3)31(27)30(35)17-22)24-11-9-23(10-12-24)21(5)33/h9-13,18,22,25,28H,6-8,14-17H2,1-5H3. The monoisotopic (exact) mass is 474 g/mol. The lowest BCUT2D eigenvalue weighted by Gasteiger charge is -2.32. The Kier molecular flexibility index (Phi) is 8.93. The summed E-state index contributed by atoms with van der Waals surface area (Å²) in [4.78, 5) is 49.2. The molecule has 1 aliphatic carbocycles. The summed E-state index contributed by atoms with van der Waals surface area (Å²) in [6.45, 7) is 9.19.